The Balaban J connectivity index is 1.82. The molecule has 96 valence electrons. The van der Waals surface area contributed by atoms with Gasteiger partial charge in [-0.05, 0) is 37.0 Å². The molecular weight excluding hydrogens is 248 g/mol. The van der Waals surface area contributed by atoms with E-state index in [2.05, 4.69) is 0 Å². The molecule has 3 nitrogen and oxygen atoms in total. The van der Waals surface area contributed by atoms with Crippen LogP contribution in [0.25, 0.3) is 0 Å². The molecule has 18 heavy (non-hydrogen) atoms. The van der Waals surface area contributed by atoms with Crippen LogP contribution < -0.4 is 5.73 Å². The molecule has 0 spiro atoms. The van der Waals surface area contributed by atoms with Crippen molar-refractivity contribution in [3.8, 4) is 0 Å². The predicted molar refractivity (Wildman–Crippen MR) is 71.5 cm³/mol. The Bertz CT molecular complexity index is 467. The van der Waals surface area contributed by atoms with Crippen molar-refractivity contribution in [1.29, 1.82) is 0 Å². The van der Waals surface area contributed by atoms with E-state index in [1.54, 1.807) is 0 Å². The van der Waals surface area contributed by atoms with Crippen molar-refractivity contribution in [2.75, 3.05) is 13.1 Å². The van der Waals surface area contributed by atoms with Crippen molar-refractivity contribution in [1.82, 2.24) is 4.90 Å². The van der Waals surface area contributed by atoms with E-state index in [-0.39, 0.29) is 17.4 Å². The summed E-state index contributed by atoms with van der Waals surface area (Å²) >= 11 is 5.90. The Morgan fingerprint density at radius 3 is 2.50 bits per heavy atom. The summed E-state index contributed by atoms with van der Waals surface area (Å²) in [7, 11) is 0. The summed E-state index contributed by atoms with van der Waals surface area (Å²) in [5.74, 6) is 0.248. The highest BCUT2D eigenvalue weighted by atomic mass is 35.5. The average Bonchev–Trinajstić information content (AvgIpc) is 3.06. The second-order valence-electron chi connectivity index (χ2n) is 5.39. The zero-order valence-corrected chi connectivity index (χ0v) is 11.0. The predicted octanol–water partition coefficient (Wildman–Crippen LogP) is 1.93. The topological polar surface area (TPSA) is 46.3 Å². The second-order valence-corrected chi connectivity index (χ2v) is 5.83. The monoisotopic (exact) mass is 264 g/mol. The number of rotatable bonds is 2. The molecule has 0 radical (unpaired) electrons. The summed E-state index contributed by atoms with van der Waals surface area (Å²) in [6.45, 7) is 1.50. The Morgan fingerprint density at radius 2 is 2.00 bits per heavy atom. The van der Waals surface area contributed by atoms with Gasteiger partial charge < -0.3 is 10.6 Å². The molecule has 1 atom stereocenters. The zero-order chi connectivity index (χ0) is 12.8. The van der Waals surface area contributed by atoms with Gasteiger partial charge in [-0.3, -0.25) is 4.79 Å². The first-order chi connectivity index (χ1) is 8.62. The molecule has 1 aliphatic heterocycles. The molecule has 4 heteroatoms. The number of nitrogens with two attached hydrogens (primary N) is 1. The van der Waals surface area contributed by atoms with Crippen molar-refractivity contribution in [2.45, 2.75) is 30.7 Å². The number of benzene rings is 1. The average molecular weight is 265 g/mol. The van der Waals surface area contributed by atoms with E-state index >= 15 is 0 Å². The molecule has 1 aromatic carbocycles. The van der Waals surface area contributed by atoms with Crippen LogP contribution >= 0.6 is 11.6 Å². The number of amides is 1. The van der Waals surface area contributed by atoms with Crippen LogP contribution in [0.1, 0.15) is 24.8 Å². The highest BCUT2D eigenvalue weighted by Crippen LogP contribution is 2.50. The molecule has 0 aromatic heterocycles. The van der Waals surface area contributed by atoms with Crippen LogP contribution in [0.2, 0.25) is 5.02 Å². The summed E-state index contributed by atoms with van der Waals surface area (Å²) in [4.78, 5) is 14.5. The van der Waals surface area contributed by atoms with Crippen LogP contribution in [-0.4, -0.2) is 29.9 Å². The minimum atomic E-state index is -0.283. The van der Waals surface area contributed by atoms with E-state index in [1.165, 1.54) is 0 Å². The van der Waals surface area contributed by atoms with Crippen LogP contribution in [0, 0.1) is 0 Å². The fraction of sp³-hybridized carbons (Fsp3) is 0.500. The largest absolute Gasteiger partial charge is 0.340 e. The smallest absolute Gasteiger partial charge is 0.233 e. The van der Waals surface area contributed by atoms with Gasteiger partial charge in [0.15, 0.2) is 0 Å². The third kappa shape index (κ3) is 1.91. The normalized spacial score (nSPS) is 25.2. The Kier molecular flexibility index (Phi) is 2.83. The van der Waals surface area contributed by atoms with Crippen LogP contribution in [0.15, 0.2) is 24.3 Å². The summed E-state index contributed by atoms with van der Waals surface area (Å²) in [5, 5.41) is 0.713. The molecule has 3 rings (SSSR count). The maximum atomic E-state index is 12.6. The summed E-state index contributed by atoms with van der Waals surface area (Å²) in [5.41, 5.74) is 6.69. The minimum Gasteiger partial charge on any atom is -0.340 e. The number of halogens is 1. The fourth-order valence-electron chi connectivity index (χ4n) is 2.79. The third-order valence-corrected chi connectivity index (χ3v) is 4.32. The minimum absolute atomic E-state index is 0.148. The lowest BCUT2D eigenvalue weighted by Gasteiger charge is -2.23. The zero-order valence-electron chi connectivity index (χ0n) is 10.2. The molecule has 0 unspecified atom stereocenters. The second kappa shape index (κ2) is 4.25. The van der Waals surface area contributed by atoms with Crippen molar-refractivity contribution >= 4 is 17.5 Å². The van der Waals surface area contributed by atoms with Gasteiger partial charge in [-0.1, -0.05) is 23.7 Å². The van der Waals surface area contributed by atoms with Crippen molar-refractivity contribution in [3.05, 3.63) is 34.9 Å². The standard InChI is InChI=1S/C14H17ClN2O/c15-11-3-1-10(2-4-11)14(6-7-14)13(18)17-8-5-12(16)9-17/h1-4,12H,5-9,16H2/t12-/m0/s1. The number of carbonyl (C=O) groups is 1. The molecule has 1 heterocycles. The van der Waals surface area contributed by atoms with Gasteiger partial charge in [0.25, 0.3) is 0 Å². The first kappa shape index (κ1) is 12.0. The van der Waals surface area contributed by atoms with Crippen LogP contribution in [-0.2, 0) is 10.2 Å². The van der Waals surface area contributed by atoms with Gasteiger partial charge in [-0.25, -0.2) is 0 Å². The molecule has 0 bridgehead atoms. The molecule has 1 amide bonds. The van der Waals surface area contributed by atoms with Crippen LogP contribution in [0.5, 0.6) is 0 Å². The molecular formula is C14H17ClN2O. The van der Waals surface area contributed by atoms with E-state index in [4.69, 9.17) is 17.3 Å². The quantitative estimate of drug-likeness (QED) is 0.887. The molecule has 2 aliphatic rings. The summed E-state index contributed by atoms with van der Waals surface area (Å²) < 4.78 is 0. The Morgan fingerprint density at radius 1 is 1.33 bits per heavy atom. The van der Waals surface area contributed by atoms with E-state index < -0.39 is 0 Å². The Hall–Kier alpha value is -1.06. The number of hydrogen-bond donors (Lipinski definition) is 1. The number of nitrogens with zero attached hydrogens (tertiary/aromatic N) is 1. The maximum absolute atomic E-state index is 12.6. The van der Waals surface area contributed by atoms with Crippen molar-refractivity contribution in [2.24, 2.45) is 5.73 Å². The molecule has 1 aliphatic carbocycles. The number of hydrogen-bond acceptors (Lipinski definition) is 2. The van der Waals surface area contributed by atoms with Crippen LogP contribution in [0.4, 0.5) is 0 Å². The van der Waals surface area contributed by atoms with Crippen LogP contribution in [0.3, 0.4) is 0 Å². The number of carbonyl (C=O) groups excluding carboxylic acids is 1. The summed E-state index contributed by atoms with van der Waals surface area (Å²) in [6.07, 6.45) is 2.81. The summed E-state index contributed by atoms with van der Waals surface area (Å²) in [6, 6.07) is 7.82. The molecule has 2 fully saturated rings. The Labute approximate surface area is 112 Å². The van der Waals surface area contributed by atoms with E-state index in [9.17, 15) is 4.79 Å². The van der Waals surface area contributed by atoms with Gasteiger partial charge in [0.1, 0.15) is 0 Å². The molecule has 2 N–H and O–H groups in total. The van der Waals surface area contributed by atoms with Gasteiger partial charge in [-0.15, -0.1) is 0 Å². The van der Waals surface area contributed by atoms with E-state index in [0.717, 1.165) is 31.4 Å². The SMILES string of the molecule is N[C@H]1CCN(C(=O)C2(c3ccc(Cl)cc3)CC2)C1. The molecule has 1 aromatic rings. The lowest BCUT2D eigenvalue weighted by atomic mass is 9.94. The van der Waals surface area contributed by atoms with Gasteiger partial charge in [0.05, 0.1) is 5.41 Å². The van der Waals surface area contributed by atoms with Gasteiger partial charge in [-0.2, -0.15) is 0 Å². The lowest BCUT2D eigenvalue weighted by Crippen LogP contribution is -2.39. The number of likely N-dealkylation sites (tertiary alicyclic amines) is 1. The fourth-order valence-corrected chi connectivity index (χ4v) is 2.92. The molecule has 1 saturated carbocycles. The third-order valence-electron chi connectivity index (χ3n) is 4.07. The van der Waals surface area contributed by atoms with E-state index in [1.807, 2.05) is 29.2 Å². The maximum Gasteiger partial charge on any atom is 0.233 e. The van der Waals surface area contributed by atoms with E-state index in [0.29, 0.717) is 11.6 Å². The van der Waals surface area contributed by atoms with Gasteiger partial charge in [0.2, 0.25) is 5.91 Å². The molecule has 1 saturated heterocycles. The van der Waals surface area contributed by atoms with Gasteiger partial charge in [0, 0.05) is 24.2 Å². The van der Waals surface area contributed by atoms with Crippen molar-refractivity contribution < 1.29 is 4.79 Å². The van der Waals surface area contributed by atoms with Crippen molar-refractivity contribution in [3.63, 3.8) is 0 Å². The van der Waals surface area contributed by atoms with Gasteiger partial charge >= 0.3 is 0 Å². The highest BCUT2D eigenvalue weighted by molar-refractivity contribution is 6.30. The lowest BCUT2D eigenvalue weighted by molar-refractivity contribution is -0.132. The first-order valence-corrected chi connectivity index (χ1v) is 6.81. The first-order valence-electron chi connectivity index (χ1n) is 6.43. The highest BCUT2D eigenvalue weighted by Gasteiger charge is 2.53.